The molecular weight excluding hydrogens is 340 g/mol. The minimum atomic E-state index is -0.407. The Morgan fingerprint density at radius 3 is 2.26 bits per heavy atom. The van der Waals surface area contributed by atoms with Crippen molar-refractivity contribution in [2.45, 2.75) is 52.1 Å². The van der Waals surface area contributed by atoms with Crippen LogP contribution in [0.2, 0.25) is 0 Å². The first kappa shape index (κ1) is 20.8. The van der Waals surface area contributed by atoms with Crippen molar-refractivity contribution in [3.8, 4) is 11.5 Å². The normalized spacial score (nSPS) is 11.8. The number of fused-ring (bicyclic) bond motifs is 1. The summed E-state index contributed by atoms with van der Waals surface area (Å²) in [6.45, 7) is 8.56. The lowest BCUT2D eigenvalue weighted by atomic mass is 10.1. The molecule has 0 aromatic heterocycles. The van der Waals surface area contributed by atoms with Crippen LogP contribution in [-0.2, 0) is 9.53 Å². The van der Waals surface area contributed by atoms with Gasteiger partial charge in [-0.3, -0.25) is 0 Å². The zero-order valence-electron chi connectivity index (χ0n) is 16.4. The summed E-state index contributed by atoms with van der Waals surface area (Å²) in [5, 5.41) is 2.00. The zero-order valence-corrected chi connectivity index (χ0v) is 16.4. The van der Waals surface area contributed by atoms with Crippen molar-refractivity contribution in [3.05, 3.63) is 49.1 Å². The van der Waals surface area contributed by atoms with E-state index in [4.69, 9.17) is 14.2 Å². The lowest BCUT2D eigenvalue weighted by molar-refractivity contribution is -0.144. The molecule has 0 bridgehead atoms. The Balaban J connectivity index is 2.09. The Morgan fingerprint density at radius 1 is 1.00 bits per heavy atom. The van der Waals surface area contributed by atoms with Crippen molar-refractivity contribution in [1.29, 1.82) is 0 Å². The van der Waals surface area contributed by atoms with Crippen LogP contribution in [0, 0.1) is 0 Å². The summed E-state index contributed by atoms with van der Waals surface area (Å²) in [4.78, 5) is 11.6. The van der Waals surface area contributed by atoms with E-state index < -0.39 is 5.97 Å². The van der Waals surface area contributed by atoms with Crippen molar-refractivity contribution in [1.82, 2.24) is 0 Å². The highest BCUT2D eigenvalue weighted by Gasteiger charge is 2.15. The van der Waals surface area contributed by atoms with Crippen LogP contribution >= 0.6 is 0 Å². The van der Waals surface area contributed by atoms with E-state index in [-0.39, 0.29) is 6.10 Å². The van der Waals surface area contributed by atoms with Crippen molar-refractivity contribution < 1.29 is 19.0 Å². The first-order chi connectivity index (χ1) is 13.2. The van der Waals surface area contributed by atoms with Gasteiger partial charge in [0.2, 0.25) is 0 Å². The molecule has 146 valence electrons. The second kappa shape index (κ2) is 11.3. The first-order valence-corrected chi connectivity index (χ1v) is 9.80. The summed E-state index contributed by atoms with van der Waals surface area (Å²) in [5.41, 5.74) is 0. The average Bonchev–Trinajstić information content (AvgIpc) is 2.70. The predicted octanol–water partition coefficient (Wildman–Crippen LogP) is 5.69. The van der Waals surface area contributed by atoms with Crippen LogP contribution < -0.4 is 9.47 Å². The third-order valence-electron chi connectivity index (χ3n) is 4.40. The lowest BCUT2D eigenvalue weighted by Crippen LogP contribution is -2.24. The van der Waals surface area contributed by atoms with Crippen molar-refractivity contribution >= 4 is 16.7 Å². The van der Waals surface area contributed by atoms with E-state index >= 15 is 0 Å². The number of hydrogen-bond acceptors (Lipinski definition) is 4. The number of carbonyl (C=O) groups excluding carboxylic acids is 1. The number of esters is 1. The SMILES string of the molecule is C=CC(=O)OC(CCCCCC)COc1ccc(OCC)c2ccccc12. The Morgan fingerprint density at radius 2 is 1.67 bits per heavy atom. The molecule has 27 heavy (non-hydrogen) atoms. The molecule has 1 unspecified atom stereocenters. The van der Waals surface area contributed by atoms with Gasteiger partial charge in [0.15, 0.2) is 0 Å². The Labute approximate surface area is 162 Å². The molecule has 0 amide bonds. The van der Waals surface area contributed by atoms with Gasteiger partial charge in [-0.05, 0) is 31.9 Å². The summed E-state index contributed by atoms with van der Waals surface area (Å²) in [7, 11) is 0. The predicted molar refractivity (Wildman–Crippen MR) is 109 cm³/mol. The fourth-order valence-electron chi connectivity index (χ4n) is 3.02. The molecule has 4 heteroatoms. The number of rotatable bonds is 12. The van der Waals surface area contributed by atoms with Gasteiger partial charge in [0, 0.05) is 16.8 Å². The number of carbonyl (C=O) groups is 1. The fraction of sp³-hybridized carbons (Fsp3) is 0.435. The van der Waals surface area contributed by atoms with Gasteiger partial charge in [0.05, 0.1) is 6.61 Å². The number of hydrogen-bond donors (Lipinski definition) is 0. The molecule has 0 N–H and O–H groups in total. The minimum absolute atomic E-state index is 0.280. The monoisotopic (exact) mass is 370 g/mol. The zero-order chi connectivity index (χ0) is 19.5. The van der Waals surface area contributed by atoms with Gasteiger partial charge >= 0.3 is 5.97 Å². The largest absolute Gasteiger partial charge is 0.493 e. The van der Waals surface area contributed by atoms with Gasteiger partial charge in [-0.15, -0.1) is 0 Å². The van der Waals surface area contributed by atoms with Gasteiger partial charge in [0.25, 0.3) is 0 Å². The van der Waals surface area contributed by atoms with Gasteiger partial charge < -0.3 is 14.2 Å². The van der Waals surface area contributed by atoms with Crippen molar-refractivity contribution in [3.63, 3.8) is 0 Å². The van der Waals surface area contributed by atoms with E-state index in [9.17, 15) is 4.79 Å². The second-order valence-corrected chi connectivity index (χ2v) is 6.46. The van der Waals surface area contributed by atoms with Crippen LogP contribution in [0.3, 0.4) is 0 Å². The van der Waals surface area contributed by atoms with Gasteiger partial charge in [-0.25, -0.2) is 4.79 Å². The number of unbranched alkanes of at least 4 members (excludes halogenated alkanes) is 3. The van der Waals surface area contributed by atoms with Crippen LogP contribution in [0.15, 0.2) is 49.1 Å². The highest BCUT2D eigenvalue weighted by molar-refractivity contribution is 5.93. The smallest absolute Gasteiger partial charge is 0.330 e. The quantitative estimate of drug-likeness (QED) is 0.274. The summed E-state index contributed by atoms with van der Waals surface area (Å²) >= 11 is 0. The van der Waals surface area contributed by atoms with Crippen LogP contribution in [0.5, 0.6) is 11.5 Å². The standard InChI is InChI=1S/C23H30O4/c1-4-7-8-9-12-18(27-23(24)5-2)17-26-22-16-15-21(25-6-3)19-13-10-11-14-20(19)22/h5,10-11,13-16,18H,2,4,6-9,12,17H2,1,3H3. The van der Waals surface area contributed by atoms with Gasteiger partial charge in [-0.1, -0.05) is 57.0 Å². The fourth-order valence-corrected chi connectivity index (χ4v) is 3.02. The molecule has 0 aliphatic rings. The molecule has 0 fully saturated rings. The number of ether oxygens (including phenoxy) is 3. The molecule has 2 aromatic rings. The maximum Gasteiger partial charge on any atom is 0.330 e. The maximum absolute atomic E-state index is 11.6. The molecule has 0 spiro atoms. The Kier molecular flexibility index (Phi) is 8.69. The summed E-state index contributed by atoms with van der Waals surface area (Å²) in [6.07, 6.45) is 6.21. The molecule has 0 heterocycles. The molecule has 0 aliphatic carbocycles. The molecule has 0 radical (unpaired) electrons. The highest BCUT2D eigenvalue weighted by atomic mass is 16.6. The topological polar surface area (TPSA) is 44.8 Å². The van der Waals surface area contributed by atoms with E-state index in [0.29, 0.717) is 13.2 Å². The third kappa shape index (κ3) is 6.31. The molecule has 2 rings (SSSR count). The molecule has 0 aliphatic heterocycles. The minimum Gasteiger partial charge on any atom is -0.493 e. The molecule has 0 saturated heterocycles. The number of benzene rings is 2. The van der Waals surface area contributed by atoms with Crippen LogP contribution in [-0.4, -0.2) is 25.3 Å². The molecular formula is C23H30O4. The van der Waals surface area contributed by atoms with E-state index in [0.717, 1.165) is 41.5 Å². The molecule has 1 atom stereocenters. The summed E-state index contributed by atoms with van der Waals surface area (Å²) in [6, 6.07) is 11.8. The van der Waals surface area contributed by atoms with Gasteiger partial charge in [0.1, 0.15) is 24.2 Å². The average molecular weight is 370 g/mol. The van der Waals surface area contributed by atoms with E-state index in [1.165, 1.54) is 18.9 Å². The third-order valence-corrected chi connectivity index (χ3v) is 4.40. The van der Waals surface area contributed by atoms with Crippen LogP contribution in [0.25, 0.3) is 10.8 Å². The van der Waals surface area contributed by atoms with E-state index in [2.05, 4.69) is 13.5 Å². The maximum atomic E-state index is 11.6. The first-order valence-electron chi connectivity index (χ1n) is 9.80. The lowest BCUT2D eigenvalue weighted by Gasteiger charge is -2.19. The summed E-state index contributed by atoms with van der Waals surface area (Å²) < 4.78 is 17.2. The second-order valence-electron chi connectivity index (χ2n) is 6.46. The van der Waals surface area contributed by atoms with Crippen LogP contribution in [0.4, 0.5) is 0 Å². The highest BCUT2D eigenvalue weighted by Crippen LogP contribution is 2.33. The Hall–Kier alpha value is -2.49. The summed E-state index contributed by atoms with van der Waals surface area (Å²) in [5.74, 6) is 1.20. The van der Waals surface area contributed by atoms with Crippen molar-refractivity contribution in [2.75, 3.05) is 13.2 Å². The molecule has 2 aromatic carbocycles. The molecule has 4 nitrogen and oxygen atoms in total. The van der Waals surface area contributed by atoms with E-state index in [1.54, 1.807) is 0 Å². The van der Waals surface area contributed by atoms with Crippen LogP contribution in [0.1, 0.15) is 46.0 Å². The van der Waals surface area contributed by atoms with E-state index in [1.807, 2.05) is 43.3 Å². The van der Waals surface area contributed by atoms with Crippen molar-refractivity contribution in [2.24, 2.45) is 0 Å². The van der Waals surface area contributed by atoms with Gasteiger partial charge in [-0.2, -0.15) is 0 Å². The molecule has 0 saturated carbocycles. The Bertz CT molecular complexity index is 738.